The topological polar surface area (TPSA) is 90.9 Å². The molecule has 0 aromatic heterocycles. The molecule has 0 heterocycles. The van der Waals surface area contributed by atoms with E-state index < -0.39 is 6.10 Å². The van der Waals surface area contributed by atoms with Crippen LogP contribution in [0.2, 0.25) is 0 Å². The van der Waals surface area contributed by atoms with E-state index in [9.17, 15) is 14.4 Å². The predicted molar refractivity (Wildman–Crippen MR) is 143 cm³/mol. The van der Waals surface area contributed by atoms with Gasteiger partial charge in [-0.25, -0.2) is 0 Å². The van der Waals surface area contributed by atoms with Crippen molar-refractivity contribution < 1.29 is 28.6 Å². The van der Waals surface area contributed by atoms with Crippen LogP contribution >= 0.6 is 0 Å². The van der Waals surface area contributed by atoms with Gasteiger partial charge in [-0.2, -0.15) is 0 Å². The molecular weight excluding hydrogens is 482 g/mol. The predicted octanol–water partition coefficient (Wildman–Crippen LogP) is 5.19. The Kier molecular flexibility index (Phi) is 7.89. The molecule has 214 valence electrons. The summed E-state index contributed by atoms with van der Waals surface area (Å²) in [6.07, 6.45) is 12.2. The smallest absolute Gasteiger partial charge is 0.309 e. The summed E-state index contributed by atoms with van der Waals surface area (Å²) in [6.45, 7) is 7.69. The van der Waals surface area contributed by atoms with Gasteiger partial charge in [0.2, 0.25) is 0 Å². The summed E-state index contributed by atoms with van der Waals surface area (Å²) >= 11 is 0. The maximum atomic E-state index is 13.0. The molecule has 1 N–H and O–H groups in total. The van der Waals surface area contributed by atoms with Crippen molar-refractivity contribution in [2.24, 2.45) is 40.4 Å². The van der Waals surface area contributed by atoms with Crippen molar-refractivity contribution in [1.82, 2.24) is 5.32 Å². The Bertz CT molecular complexity index is 916. The molecule has 0 spiro atoms. The molecule has 38 heavy (non-hydrogen) atoms. The number of rotatable bonds is 5. The van der Waals surface area contributed by atoms with Gasteiger partial charge < -0.3 is 19.5 Å². The number of nitrogens with one attached hydrogen (secondary N) is 1. The first kappa shape index (κ1) is 27.9. The van der Waals surface area contributed by atoms with E-state index in [-0.39, 0.29) is 40.8 Å². The van der Waals surface area contributed by atoms with E-state index in [1.165, 1.54) is 53.1 Å². The molecule has 5 rings (SSSR count). The lowest BCUT2D eigenvalue weighted by molar-refractivity contribution is -0.199. The van der Waals surface area contributed by atoms with Crippen LogP contribution in [-0.4, -0.2) is 49.3 Å². The van der Waals surface area contributed by atoms with Gasteiger partial charge in [0.25, 0.3) is 0 Å². The standard InChI is InChI=1S/C31H49NO6/c1-18(33)37-26-15-20-11-12-22-23-13-14-24(29(35)36-5)31(23,4)16-25(32-21-9-7-6-8-10-21)28(22)30(20,3)17-27(26)38-19(2)34/h20-28,32H,6-17H2,1-5H3/t20-,22-,23-,24+,25+,26-,27-,28+,30-,31-/m0/s1. The zero-order valence-corrected chi connectivity index (χ0v) is 24.1. The largest absolute Gasteiger partial charge is 0.469 e. The van der Waals surface area contributed by atoms with Crippen LogP contribution in [0.25, 0.3) is 0 Å². The summed E-state index contributed by atoms with van der Waals surface area (Å²) < 4.78 is 16.9. The van der Waals surface area contributed by atoms with Crippen LogP contribution in [0, 0.1) is 40.4 Å². The van der Waals surface area contributed by atoms with Gasteiger partial charge in [-0.1, -0.05) is 33.1 Å². The average molecular weight is 532 g/mol. The molecule has 0 unspecified atom stereocenters. The summed E-state index contributed by atoms with van der Waals surface area (Å²) in [5.74, 6) is 1.17. The third-order valence-electron chi connectivity index (χ3n) is 11.8. The Morgan fingerprint density at radius 3 is 2.13 bits per heavy atom. The molecule has 5 fully saturated rings. The molecule has 7 heteroatoms. The summed E-state index contributed by atoms with van der Waals surface area (Å²) in [4.78, 5) is 37.0. The van der Waals surface area contributed by atoms with Crippen LogP contribution in [0.3, 0.4) is 0 Å². The SMILES string of the molecule is COC(=O)[C@H]1CC[C@H]2[C@@H]3CC[C@H]4C[C@H](OC(C)=O)[C@@H](OC(C)=O)C[C@]4(C)[C@H]3[C@H](NC3CCCCC3)C[C@]12C. The van der Waals surface area contributed by atoms with Crippen molar-refractivity contribution in [3.05, 3.63) is 0 Å². The summed E-state index contributed by atoms with van der Waals surface area (Å²) in [6, 6.07) is 0.837. The number of carbonyl (C=O) groups excluding carboxylic acids is 3. The number of methoxy groups -OCH3 is 1. The molecule has 0 saturated heterocycles. The second kappa shape index (κ2) is 10.7. The fourth-order valence-corrected chi connectivity index (χ4v) is 10.4. The molecule has 0 radical (unpaired) electrons. The minimum atomic E-state index is -0.411. The summed E-state index contributed by atoms with van der Waals surface area (Å²) in [7, 11) is 1.53. The Balaban J connectivity index is 1.50. The molecular formula is C31H49NO6. The van der Waals surface area contributed by atoms with E-state index in [1.807, 2.05) is 0 Å². The van der Waals surface area contributed by atoms with E-state index >= 15 is 0 Å². The molecule has 0 aliphatic heterocycles. The van der Waals surface area contributed by atoms with Gasteiger partial charge in [-0.3, -0.25) is 14.4 Å². The van der Waals surface area contributed by atoms with Crippen LogP contribution in [0.1, 0.15) is 105 Å². The second-order valence-corrected chi connectivity index (χ2v) is 13.8. The van der Waals surface area contributed by atoms with Gasteiger partial charge in [0, 0.05) is 25.9 Å². The first-order valence-electron chi connectivity index (χ1n) is 15.2. The van der Waals surface area contributed by atoms with E-state index in [4.69, 9.17) is 14.2 Å². The molecule has 0 bridgehead atoms. The number of fused-ring (bicyclic) bond motifs is 5. The lowest BCUT2D eigenvalue weighted by atomic mass is 9.43. The van der Waals surface area contributed by atoms with E-state index in [2.05, 4.69) is 19.2 Å². The van der Waals surface area contributed by atoms with Gasteiger partial charge >= 0.3 is 17.9 Å². The first-order chi connectivity index (χ1) is 18.1. The summed E-state index contributed by atoms with van der Waals surface area (Å²) in [5, 5.41) is 4.18. The van der Waals surface area contributed by atoms with Crippen LogP contribution in [0.15, 0.2) is 0 Å². The minimum Gasteiger partial charge on any atom is -0.469 e. The quantitative estimate of drug-likeness (QED) is 0.385. The van der Waals surface area contributed by atoms with Crippen LogP contribution < -0.4 is 5.32 Å². The lowest BCUT2D eigenvalue weighted by Crippen LogP contribution is -2.65. The number of ether oxygens (including phenoxy) is 3. The Labute approximate surface area is 228 Å². The maximum Gasteiger partial charge on any atom is 0.309 e. The average Bonchev–Trinajstić information content (AvgIpc) is 3.20. The molecule has 7 nitrogen and oxygen atoms in total. The Morgan fingerprint density at radius 1 is 0.789 bits per heavy atom. The number of hydrogen-bond acceptors (Lipinski definition) is 7. The molecule has 0 aromatic rings. The Hall–Kier alpha value is -1.63. The van der Waals surface area contributed by atoms with Crippen molar-refractivity contribution in [2.45, 2.75) is 129 Å². The van der Waals surface area contributed by atoms with Gasteiger partial charge in [0.05, 0.1) is 13.0 Å². The Morgan fingerprint density at radius 2 is 1.47 bits per heavy atom. The van der Waals surface area contributed by atoms with E-state index in [0.29, 0.717) is 35.8 Å². The molecule has 0 aromatic carbocycles. The van der Waals surface area contributed by atoms with Crippen molar-refractivity contribution in [1.29, 1.82) is 0 Å². The lowest BCUT2D eigenvalue weighted by Gasteiger charge is -2.64. The molecule has 5 aliphatic carbocycles. The van der Waals surface area contributed by atoms with Crippen molar-refractivity contribution in [2.75, 3.05) is 7.11 Å². The monoisotopic (exact) mass is 531 g/mol. The van der Waals surface area contributed by atoms with Crippen LogP contribution in [0.4, 0.5) is 0 Å². The zero-order chi connectivity index (χ0) is 27.2. The zero-order valence-electron chi connectivity index (χ0n) is 24.1. The summed E-state index contributed by atoms with van der Waals surface area (Å²) in [5.41, 5.74) is -0.0925. The van der Waals surface area contributed by atoms with Crippen LogP contribution in [-0.2, 0) is 28.6 Å². The second-order valence-electron chi connectivity index (χ2n) is 13.8. The fraction of sp³-hybridized carbons (Fsp3) is 0.903. The molecule has 5 aliphatic rings. The normalized spacial score (nSPS) is 44.8. The fourth-order valence-electron chi connectivity index (χ4n) is 10.4. The molecule has 5 saturated carbocycles. The maximum absolute atomic E-state index is 13.0. The first-order valence-corrected chi connectivity index (χ1v) is 15.2. The number of carbonyl (C=O) groups is 3. The minimum absolute atomic E-state index is 0.0311. The highest BCUT2D eigenvalue weighted by molar-refractivity contribution is 5.74. The van der Waals surface area contributed by atoms with Gasteiger partial charge in [-0.05, 0) is 92.3 Å². The molecule has 10 atom stereocenters. The van der Waals surface area contributed by atoms with Crippen molar-refractivity contribution in [3.8, 4) is 0 Å². The van der Waals surface area contributed by atoms with Gasteiger partial charge in [-0.15, -0.1) is 0 Å². The van der Waals surface area contributed by atoms with E-state index in [0.717, 1.165) is 44.9 Å². The highest BCUT2D eigenvalue weighted by Crippen LogP contribution is 2.68. The third kappa shape index (κ3) is 4.90. The number of esters is 3. The van der Waals surface area contributed by atoms with Crippen LogP contribution in [0.5, 0.6) is 0 Å². The van der Waals surface area contributed by atoms with Crippen molar-refractivity contribution >= 4 is 17.9 Å². The van der Waals surface area contributed by atoms with Crippen molar-refractivity contribution in [3.63, 3.8) is 0 Å². The number of hydrogen-bond donors (Lipinski definition) is 1. The van der Waals surface area contributed by atoms with Gasteiger partial charge in [0.1, 0.15) is 12.2 Å². The highest BCUT2D eigenvalue weighted by Gasteiger charge is 2.65. The highest BCUT2D eigenvalue weighted by atomic mass is 16.6. The van der Waals surface area contributed by atoms with Gasteiger partial charge in [0.15, 0.2) is 0 Å². The molecule has 0 amide bonds. The third-order valence-corrected chi connectivity index (χ3v) is 11.8. The van der Waals surface area contributed by atoms with E-state index in [1.54, 1.807) is 0 Å².